The predicted octanol–water partition coefficient (Wildman–Crippen LogP) is 4.12. The topological polar surface area (TPSA) is 80.2 Å². The zero-order valence-electron chi connectivity index (χ0n) is 15.7. The Bertz CT molecular complexity index is 1060. The van der Waals surface area contributed by atoms with Gasteiger partial charge in [-0.25, -0.2) is 4.98 Å². The van der Waals surface area contributed by atoms with E-state index in [9.17, 15) is 0 Å². The van der Waals surface area contributed by atoms with Crippen LogP contribution in [0.4, 0.5) is 0 Å². The lowest BCUT2D eigenvalue weighted by Crippen LogP contribution is -2.44. The molecule has 0 bridgehead atoms. The molecule has 3 aromatic heterocycles. The standard InChI is InChI=1S/C20H19N5O2S.ClH/c1-25-10-9-21-12-14(25)18-23-19(27-24-18)17-16(13-6-3-2-4-7-13)22-20(28-17)15-8-5-11-26-15;/h2-8,11,14,21H,9-10,12H2,1H3;1H. The molecular weight excluding hydrogens is 410 g/mol. The summed E-state index contributed by atoms with van der Waals surface area (Å²) in [6.07, 6.45) is 1.65. The Morgan fingerprint density at radius 1 is 1.14 bits per heavy atom. The van der Waals surface area contributed by atoms with Gasteiger partial charge in [0, 0.05) is 25.2 Å². The molecule has 1 aliphatic rings. The number of thiazole rings is 1. The highest BCUT2D eigenvalue weighted by Crippen LogP contribution is 2.40. The first-order chi connectivity index (χ1) is 13.8. The Labute approximate surface area is 178 Å². The minimum atomic E-state index is 0. The minimum Gasteiger partial charge on any atom is -0.462 e. The number of halogens is 1. The van der Waals surface area contributed by atoms with Crippen molar-refractivity contribution in [3.63, 3.8) is 0 Å². The maximum Gasteiger partial charge on any atom is 0.270 e. The van der Waals surface area contributed by atoms with E-state index >= 15 is 0 Å². The number of piperazine rings is 1. The number of furan rings is 1. The smallest absolute Gasteiger partial charge is 0.270 e. The van der Waals surface area contributed by atoms with Gasteiger partial charge in [-0.2, -0.15) is 4.98 Å². The zero-order valence-corrected chi connectivity index (χ0v) is 17.4. The lowest BCUT2D eigenvalue weighted by molar-refractivity contribution is 0.190. The number of hydrogen-bond acceptors (Lipinski definition) is 8. The molecule has 0 aliphatic carbocycles. The first-order valence-electron chi connectivity index (χ1n) is 9.14. The summed E-state index contributed by atoms with van der Waals surface area (Å²) in [4.78, 5) is 12.6. The van der Waals surface area contributed by atoms with Crippen molar-refractivity contribution in [3.8, 4) is 32.8 Å². The monoisotopic (exact) mass is 429 g/mol. The highest BCUT2D eigenvalue weighted by Gasteiger charge is 2.27. The zero-order chi connectivity index (χ0) is 18.9. The largest absolute Gasteiger partial charge is 0.462 e. The average Bonchev–Trinajstić information content (AvgIpc) is 3.48. The Morgan fingerprint density at radius 2 is 2.00 bits per heavy atom. The number of aromatic nitrogens is 3. The molecule has 150 valence electrons. The molecule has 0 spiro atoms. The summed E-state index contributed by atoms with van der Waals surface area (Å²) in [6, 6.07) is 13.9. The van der Waals surface area contributed by atoms with Gasteiger partial charge in [-0.05, 0) is 19.2 Å². The van der Waals surface area contributed by atoms with E-state index in [2.05, 4.69) is 22.4 Å². The van der Waals surface area contributed by atoms with Crippen LogP contribution in [-0.2, 0) is 0 Å². The van der Waals surface area contributed by atoms with Crippen molar-refractivity contribution < 1.29 is 8.94 Å². The number of hydrogen-bond donors (Lipinski definition) is 1. The summed E-state index contributed by atoms with van der Waals surface area (Å²) in [5.41, 5.74) is 1.82. The van der Waals surface area contributed by atoms with E-state index in [0.717, 1.165) is 46.5 Å². The third-order valence-corrected chi connectivity index (χ3v) is 5.91. The second-order valence-electron chi connectivity index (χ2n) is 6.70. The molecule has 0 saturated carbocycles. The van der Waals surface area contributed by atoms with Gasteiger partial charge in [0.15, 0.2) is 16.6 Å². The van der Waals surface area contributed by atoms with Crippen molar-refractivity contribution in [2.45, 2.75) is 6.04 Å². The van der Waals surface area contributed by atoms with Crippen molar-refractivity contribution in [2.75, 3.05) is 26.7 Å². The number of nitrogens with zero attached hydrogens (tertiary/aromatic N) is 4. The van der Waals surface area contributed by atoms with E-state index in [1.54, 1.807) is 6.26 Å². The molecule has 1 N–H and O–H groups in total. The minimum absolute atomic E-state index is 0. The van der Waals surface area contributed by atoms with Gasteiger partial charge < -0.3 is 14.3 Å². The Morgan fingerprint density at radius 3 is 2.76 bits per heavy atom. The van der Waals surface area contributed by atoms with E-state index in [0.29, 0.717) is 11.7 Å². The number of nitrogens with one attached hydrogen (secondary N) is 1. The molecule has 7 nitrogen and oxygen atoms in total. The molecule has 0 amide bonds. The van der Waals surface area contributed by atoms with Crippen LogP contribution in [0.2, 0.25) is 0 Å². The quantitative estimate of drug-likeness (QED) is 0.522. The highest BCUT2D eigenvalue weighted by molar-refractivity contribution is 7.18. The van der Waals surface area contributed by atoms with Gasteiger partial charge in [-0.3, -0.25) is 4.90 Å². The Hall–Kier alpha value is -2.52. The van der Waals surface area contributed by atoms with Crippen LogP contribution in [0.5, 0.6) is 0 Å². The van der Waals surface area contributed by atoms with E-state index < -0.39 is 0 Å². The van der Waals surface area contributed by atoms with Crippen molar-refractivity contribution >= 4 is 23.7 Å². The molecule has 1 saturated heterocycles. The molecule has 1 fully saturated rings. The number of rotatable bonds is 4. The molecule has 29 heavy (non-hydrogen) atoms. The summed E-state index contributed by atoms with van der Waals surface area (Å²) in [5, 5.41) is 8.44. The summed E-state index contributed by atoms with van der Waals surface area (Å²) in [7, 11) is 2.08. The number of likely N-dealkylation sites (N-methyl/N-ethyl adjacent to an activating group) is 1. The average molecular weight is 430 g/mol. The number of benzene rings is 1. The van der Waals surface area contributed by atoms with Gasteiger partial charge in [-0.1, -0.05) is 35.5 Å². The fraction of sp³-hybridized carbons (Fsp3) is 0.250. The van der Waals surface area contributed by atoms with E-state index in [-0.39, 0.29) is 18.4 Å². The van der Waals surface area contributed by atoms with Crippen LogP contribution in [0.15, 0.2) is 57.7 Å². The van der Waals surface area contributed by atoms with Crippen molar-refractivity contribution in [1.82, 2.24) is 25.3 Å². The molecule has 5 rings (SSSR count). The Kier molecular flexibility index (Phi) is 5.77. The molecular formula is C20H20ClN5O2S. The molecule has 0 radical (unpaired) electrons. The van der Waals surface area contributed by atoms with Crippen LogP contribution in [0, 0.1) is 0 Å². The molecule has 4 aromatic rings. The van der Waals surface area contributed by atoms with Crippen molar-refractivity contribution in [1.29, 1.82) is 0 Å². The van der Waals surface area contributed by atoms with Gasteiger partial charge in [0.1, 0.15) is 4.88 Å². The first-order valence-corrected chi connectivity index (χ1v) is 9.96. The van der Waals surface area contributed by atoms with Gasteiger partial charge >= 0.3 is 0 Å². The van der Waals surface area contributed by atoms with Crippen LogP contribution < -0.4 is 5.32 Å². The highest BCUT2D eigenvalue weighted by atomic mass is 35.5. The molecule has 9 heteroatoms. The second kappa shape index (κ2) is 8.46. The second-order valence-corrected chi connectivity index (χ2v) is 7.70. The van der Waals surface area contributed by atoms with Gasteiger partial charge in [0.05, 0.1) is 18.0 Å². The van der Waals surface area contributed by atoms with E-state index in [1.807, 2.05) is 42.5 Å². The van der Waals surface area contributed by atoms with E-state index in [4.69, 9.17) is 18.9 Å². The third kappa shape index (κ3) is 3.84. The van der Waals surface area contributed by atoms with Crippen molar-refractivity contribution in [3.05, 3.63) is 54.6 Å². The normalized spacial score (nSPS) is 17.2. The predicted molar refractivity (Wildman–Crippen MR) is 114 cm³/mol. The molecule has 1 aromatic carbocycles. The van der Waals surface area contributed by atoms with Crippen LogP contribution in [0.3, 0.4) is 0 Å². The summed E-state index contributed by atoms with van der Waals surface area (Å²) in [6.45, 7) is 2.73. The molecule has 4 heterocycles. The van der Waals surface area contributed by atoms with Gasteiger partial charge in [0.2, 0.25) is 0 Å². The summed E-state index contributed by atoms with van der Waals surface area (Å²) >= 11 is 1.50. The van der Waals surface area contributed by atoms with E-state index in [1.165, 1.54) is 11.3 Å². The first kappa shape index (κ1) is 19.8. The van der Waals surface area contributed by atoms with Crippen molar-refractivity contribution in [2.24, 2.45) is 0 Å². The fourth-order valence-electron chi connectivity index (χ4n) is 3.32. The maximum atomic E-state index is 5.67. The summed E-state index contributed by atoms with van der Waals surface area (Å²) < 4.78 is 11.2. The molecule has 1 atom stereocenters. The van der Waals surface area contributed by atoms with Gasteiger partial charge in [-0.15, -0.1) is 23.7 Å². The third-order valence-electron chi connectivity index (χ3n) is 4.85. The van der Waals surface area contributed by atoms with Crippen LogP contribution in [0.25, 0.3) is 32.8 Å². The maximum absolute atomic E-state index is 5.67. The SMILES string of the molecule is CN1CCNCC1c1noc(-c2sc(-c3ccco3)nc2-c2ccccc2)n1.Cl. The van der Waals surface area contributed by atoms with Crippen LogP contribution in [0.1, 0.15) is 11.9 Å². The Balaban J connectivity index is 0.00000205. The lowest BCUT2D eigenvalue weighted by atomic mass is 10.1. The molecule has 1 aliphatic heterocycles. The van der Waals surface area contributed by atoms with Gasteiger partial charge in [0.25, 0.3) is 5.89 Å². The van der Waals surface area contributed by atoms with Crippen LogP contribution >= 0.6 is 23.7 Å². The molecule has 1 unspecified atom stereocenters. The fourth-order valence-corrected chi connectivity index (χ4v) is 4.30. The summed E-state index contributed by atoms with van der Waals surface area (Å²) in [5.74, 6) is 1.91. The lowest BCUT2D eigenvalue weighted by Gasteiger charge is -2.30. The van der Waals surface area contributed by atoms with Crippen LogP contribution in [-0.4, -0.2) is 46.7 Å².